The van der Waals surface area contributed by atoms with Crippen LogP contribution in [-0.4, -0.2) is 23.9 Å². The molecule has 0 radical (unpaired) electrons. The molecule has 0 aromatic rings. The molecule has 0 aromatic carbocycles. The molecule has 0 amide bonds. The van der Waals surface area contributed by atoms with E-state index in [1.165, 1.54) is 19.3 Å². The van der Waals surface area contributed by atoms with E-state index in [1.54, 1.807) is 0 Å². The zero-order valence-corrected chi connectivity index (χ0v) is 12.3. The van der Waals surface area contributed by atoms with E-state index in [2.05, 4.69) is 20.8 Å². The van der Waals surface area contributed by atoms with E-state index in [4.69, 9.17) is 4.74 Å². The quantitative estimate of drug-likeness (QED) is 0.775. The van der Waals surface area contributed by atoms with Gasteiger partial charge in [0.1, 0.15) is 0 Å². The SMILES string of the molecule is CO[C@@]12CC[C@@H](O)[C@@](C)(CC[C@@H]3[C@@H]1CC3(C)C)C2. The predicted octanol–water partition coefficient (Wildman–Crippen LogP) is 3.38. The summed E-state index contributed by atoms with van der Waals surface area (Å²) in [6.45, 7) is 7.10. The van der Waals surface area contributed by atoms with Crippen molar-refractivity contribution in [2.45, 2.75) is 71.0 Å². The molecule has 2 heteroatoms. The van der Waals surface area contributed by atoms with Crippen LogP contribution in [0.15, 0.2) is 0 Å². The first-order valence-corrected chi connectivity index (χ1v) is 7.56. The maximum absolute atomic E-state index is 10.4. The Morgan fingerprint density at radius 1 is 1.06 bits per heavy atom. The van der Waals surface area contributed by atoms with E-state index in [0.717, 1.165) is 31.1 Å². The third-order valence-corrected chi connectivity index (χ3v) is 6.69. The smallest absolute Gasteiger partial charge is 0.0716 e. The minimum Gasteiger partial charge on any atom is -0.393 e. The van der Waals surface area contributed by atoms with E-state index < -0.39 is 0 Å². The molecule has 3 fully saturated rings. The molecule has 1 N–H and O–H groups in total. The third kappa shape index (κ3) is 1.54. The van der Waals surface area contributed by atoms with Gasteiger partial charge in [-0.05, 0) is 61.2 Å². The number of hydrogen-bond acceptors (Lipinski definition) is 2. The number of rotatable bonds is 1. The van der Waals surface area contributed by atoms with E-state index in [1.807, 2.05) is 7.11 Å². The van der Waals surface area contributed by atoms with E-state index in [0.29, 0.717) is 5.41 Å². The van der Waals surface area contributed by atoms with Crippen LogP contribution < -0.4 is 0 Å². The van der Waals surface area contributed by atoms with Crippen LogP contribution in [0.25, 0.3) is 0 Å². The van der Waals surface area contributed by atoms with Gasteiger partial charge in [0.15, 0.2) is 0 Å². The number of ether oxygens (including phenoxy) is 1. The fraction of sp³-hybridized carbons (Fsp3) is 1.00. The van der Waals surface area contributed by atoms with Gasteiger partial charge < -0.3 is 9.84 Å². The Bertz CT molecular complexity index is 351. The van der Waals surface area contributed by atoms with Crippen molar-refractivity contribution in [2.24, 2.45) is 22.7 Å². The Morgan fingerprint density at radius 2 is 1.78 bits per heavy atom. The molecule has 2 bridgehead atoms. The highest BCUT2D eigenvalue weighted by molar-refractivity contribution is 5.12. The molecule has 0 spiro atoms. The third-order valence-electron chi connectivity index (χ3n) is 6.69. The maximum atomic E-state index is 10.4. The second kappa shape index (κ2) is 3.73. The lowest BCUT2D eigenvalue weighted by molar-refractivity contribution is -0.192. The van der Waals surface area contributed by atoms with Crippen LogP contribution in [0.2, 0.25) is 0 Å². The van der Waals surface area contributed by atoms with Crippen LogP contribution in [0.1, 0.15) is 59.3 Å². The topological polar surface area (TPSA) is 29.5 Å². The number of methoxy groups -OCH3 is 1. The van der Waals surface area contributed by atoms with Gasteiger partial charge in [-0.2, -0.15) is 0 Å². The Morgan fingerprint density at radius 3 is 2.39 bits per heavy atom. The molecule has 2 nitrogen and oxygen atoms in total. The summed E-state index contributed by atoms with van der Waals surface area (Å²) >= 11 is 0. The molecule has 104 valence electrons. The predicted molar refractivity (Wildman–Crippen MR) is 72.3 cm³/mol. The largest absolute Gasteiger partial charge is 0.393 e. The molecule has 0 aliphatic heterocycles. The second-order valence-electron chi connectivity index (χ2n) is 8.10. The molecule has 0 saturated heterocycles. The fourth-order valence-electron chi connectivity index (χ4n) is 5.39. The lowest BCUT2D eigenvalue weighted by atomic mass is 9.49. The van der Waals surface area contributed by atoms with Crippen LogP contribution in [0.3, 0.4) is 0 Å². The van der Waals surface area contributed by atoms with Gasteiger partial charge in [0.05, 0.1) is 11.7 Å². The summed E-state index contributed by atoms with van der Waals surface area (Å²) in [6.07, 6.45) is 6.67. The summed E-state index contributed by atoms with van der Waals surface area (Å²) in [5.41, 5.74) is 0.626. The molecule has 3 aliphatic carbocycles. The highest BCUT2D eigenvalue weighted by Gasteiger charge is 2.62. The van der Waals surface area contributed by atoms with Crippen molar-refractivity contribution in [3.8, 4) is 0 Å². The highest BCUT2D eigenvalue weighted by atomic mass is 16.5. The first-order valence-electron chi connectivity index (χ1n) is 7.56. The molecule has 5 atom stereocenters. The van der Waals surface area contributed by atoms with Crippen molar-refractivity contribution in [1.29, 1.82) is 0 Å². The highest BCUT2D eigenvalue weighted by Crippen LogP contribution is 2.65. The van der Waals surface area contributed by atoms with Crippen molar-refractivity contribution < 1.29 is 9.84 Å². The Kier molecular flexibility index (Phi) is 2.68. The summed E-state index contributed by atoms with van der Waals surface area (Å²) in [5, 5.41) is 10.4. The Labute approximate surface area is 111 Å². The van der Waals surface area contributed by atoms with Gasteiger partial charge in [-0.25, -0.2) is 0 Å². The van der Waals surface area contributed by atoms with E-state index in [9.17, 15) is 5.11 Å². The minimum absolute atomic E-state index is 0.0602. The van der Waals surface area contributed by atoms with Crippen molar-refractivity contribution in [3.63, 3.8) is 0 Å². The monoisotopic (exact) mass is 252 g/mol. The van der Waals surface area contributed by atoms with Crippen molar-refractivity contribution in [3.05, 3.63) is 0 Å². The van der Waals surface area contributed by atoms with Crippen molar-refractivity contribution in [1.82, 2.24) is 0 Å². The van der Waals surface area contributed by atoms with Gasteiger partial charge in [-0.1, -0.05) is 20.8 Å². The van der Waals surface area contributed by atoms with Gasteiger partial charge in [0, 0.05) is 7.11 Å². The van der Waals surface area contributed by atoms with Gasteiger partial charge >= 0.3 is 0 Å². The molecule has 3 rings (SSSR count). The average Bonchev–Trinajstić information content (AvgIpc) is 2.39. The summed E-state index contributed by atoms with van der Waals surface area (Å²) in [5.74, 6) is 1.52. The number of aliphatic hydroxyl groups excluding tert-OH is 1. The van der Waals surface area contributed by atoms with Crippen molar-refractivity contribution in [2.75, 3.05) is 7.11 Å². The second-order valence-corrected chi connectivity index (χ2v) is 8.10. The van der Waals surface area contributed by atoms with Crippen LogP contribution in [0.4, 0.5) is 0 Å². The standard InChI is InChI=1S/C16H28O2/c1-14(2)9-12-11(14)5-7-15(3)10-16(12,18-4)8-6-13(15)17/h11-13,17H,5-10H2,1-4H3/t11-,12+,13-,15+,16-/m1/s1. The van der Waals surface area contributed by atoms with E-state index in [-0.39, 0.29) is 17.1 Å². The summed E-state index contributed by atoms with van der Waals surface area (Å²) in [4.78, 5) is 0. The summed E-state index contributed by atoms with van der Waals surface area (Å²) < 4.78 is 6.06. The van der Waals surface area contributed by atoms with Gasteiger partial charge in [-0.15, -0.1) is 0 Å². The molecule has 0 aromatic heterocycles. The number of aliphatic hydroxyl groups is 1. The lowest BCUT2D eigenvalue weighted by Gasteiger charge is -2.59. The number of hydrogen-bond donors (Lipinski definition) is 1. The molecule has 18 heavy (non-hydrogen) atoms. The maximum Gasteiger partial charge on any atom is 0.0716 e. The normalized spacial score (nSPS) is 54.2. The van der Waals surface area contributed by atoms with Crippen LogP contribution in [0.5, 0.6) is 0 Å². The van der Waals surface area contributed by atoms with E-state index >= 15 is 0 Å². The van der Waals surface area contributed by atoms with Crippen LogP contribution in [0, 0.1) is 22.7 Å². The number of fused-ring (bicyclic) bond motifs is 4. The molecule has 0 unspecified atom stereocenters. The van der Waals surface area contributed by atoms with Crippen LogP contribution in [-0.2, 0) is 4.74 Å². The molecule has 0 heterocycles. The van der Waals surface area contributed by atoms with Gasteiger partial charge in [0.2, 0.25) is 0 Å². The first-order chi connectivity index (χ1) is 8.33. The van der Waals surface area contributed by atoms with Crippen molar-refractivity contribution >= 4 is 0 Å². The Hall–Kier alpha value is -0.0800. The molecular formula is C16H28O2. The average molecular weight is 252 g/mol. The molecule has 3 saturated carbocycles. The van der Waals surface area contributed by atoms with Gasteiger partial charge in [-0.3, -0.25) is 0 Å². The fourth-order valence-corrected chi connectivity index (χ4v) is 5.39. The zero-order chi connectivity index (χ0) is 13.2. The zero-order valence-electron chi connectivity index (χ0n) is 12.3. The molecular weight excluding hydrogens is 224 g/mol. The summed E-state index contributed by atoms with van der Waals surface area (Å²) in [7, 11) is 1.89. The summed E-state index contributed by atoms with van der Waals surface area (Å²) in [6, 6.07) is 0. The Balaban J connectivity index is 1.96. The first kappa shape index (κ1) is 12.9. The van der Waals surface area contributed by atoms with Crippen LogP contribution >= 0.6 is 0 Å². The van der Waals surface area contributed by atoms with Gasteiger partial charge in [0.25, 0.3) is 0 Å². The minimum atomic E-state index is -0.124. The molecule has 3 aliphatic rings. The lowest BCUT2D eigenvalue weighted by Crippen LogP contribution is -2.58.